The summed E-state index contributed by atoms with van der Waals surface area (Å²) in [6.45, 7) is 3.82. The average molecular weight is 342 g/mol. The summed E-state index contributed by atoms with van der Waals surface area (Å²) >= 11 is 5.77. The SMILES string of the molecule is CCNC(=O)CN(CC)C(=O)COC(=O)c1ccc(Cl)c(N)c1. The minimum absolute atomic E-state index is 0.0748. The Bertz CT molecular complexity index is 592. The molecule has 0 unspecified atom stereocenters. The fourth-order valence-corrected chi connectivity index (χ4v) is 1.89. The van der Waals surface area contributed by atoms with Crippen LogP contribution in [0.5, 0.6) is 0 Å². The molecule has 3 N–H and O–H groups in total. The Morgan fingerprint density at radius 2 is 2.00 bits per heavy atom. The lowest BCUT2D eigenvalue weighted by atomic mass is 10.2. The van der Waals surface area contributed by atoms with Gasteiger partial charge in [0.2, 0.25) is 5.91 Å². The molecule has 0 bridgehead atoms. The second kappa shape index (κ2) is 8.99. The zero-order chi connectivity index (χ0) is 17.4. The van der Waals surface area contributed by atoms with Crippen LogP contribution in [0.4, 0.5) is 5.69 Å². The highest BCUT2D eigenvalue weighted by molar-refractivity contribution is 6.33. The molecule has 0 aliphatic carbocycles. The van der Waals surface area contributed by atoms with Gasteiger partial charge >= 0.3 is 5.97 Å². The lowest BCUT2D eigenvalue weighted by Crippen LogP contribution is -2.42. The van der Waals surface area contributed by atoms with Gasteiger partial charge in [-0.15, -0.1) is 0 Å². The van der Waals surface area contributed by atoms with Crippen molar-refractivity contribution in [1.29, 1.82) is 0 Å². The standard InChI is InChI=1S/C15H20ClN3O4/c1-3-18-13(20)8-19(4-2)14(21)9-23-15(22)10-5-6-11(16)12(17)7-10/h5-7H,3-4,8-9,17H2,1-2H3,(H,18,20). The molecule has 1 aromatic carbocycles. The first-order valence-corrected chi connectivity index (χ1v) is 7.53. The molecule has 0 radical (unpaired) electrons. The van der Waals surface area contributed by atoms with Crippen molar-refractivity contribution < 1.29 is 19.1 Å². The predicted octanol–water partition coefficient (Wildman–Crippen LogP) is 1.06. The van der Waals surface area contributed by atoms with E-state index < -0.39 is 18.5 Å². The van der Waals surface area contributed by atoms with Crippen molar-refractivity contribution in [3.8, 4) is 0 Å². The van der Waals surface area contributed by atoms with Crippen LogP contribution in [0.3, 0.4) is 0 Å². The van der Waals surface area contributed by atoms with Crippen LogP contribution in [0.25, 0.3) is 0 Å². The molecule has 0 aliphatic heterocycles. The summed E-state index contributed by atoms with van der Waals surface area (Å²) in [6.07, 6.45) is 0. The summed E-state index contributed by atoms with van der Waals surface area (Å²) in [5.41, 5.74) is 6.06. The number of anilines is 1. The van der Waals surface area contributed by atoms with Gasteiger partial charge in [-0.1, -0.05) is 11.6 Å². The number of nitrogens with one attached hydrogen (secondary N) is 1. The minimum atomic E-state index is -0.684. The Hall–Kier alpha value is -2.28. The third-order valence-corrected chi connectivity index (χ3v) is 3.35. The molecule has 7 nitrogen and oxygen atoms in total. The molecule has 0 atom stereocenters. The number of halogens is 1. The first kappa shape index (κ1) is 18.8. The van der Waals surface area contributed by atoms with E-state index in [1.54, 1.807) is 13.8 Å². The van der Waals surface area contributed by atoms with Crippen LogP contribution in [0.1, 0.15) is 24.2 Å². The lowest BCUT2D eigenvalue weighted by molar-refractivity contribution is -0.138. The van der Waals surface area contributed by atoms with E-state index in [0.29, 0.717) is 18.1 Å². The third kappa shape index (κ3) is 5.78. The van der Waals surface area contributed by atoms with Gasteiger partial charge in [0.15, 0.2) is 6.61 Å². The van der Waals surface area contributed by atoms with E-state index in [9.17, 15) is 14.4 Å². The van der Waals surface area contributed by atoms with Gasteiger partial charge in [-0.3, -0.25) is 9.59 Å². The first-order valence-electron chi connectivity index (χ1n) is 7.15. The van der Waals surface area contributed by atoms with E-state index in [-0.39, 0.29) is 23.7 Å². The Labute approximate surface area is 139 Å². The van der Waals surface area contributed by atoms with Gasteiger partial charge in [-0.2, -0.15) is 0 Å². The van der Waals surface area contributed by atoms with Crippen LogP contribution in [0.2, 0.25) is 5.02 Å². The van der Waals surface area contributed by atoms with Crippen molar-refractivity contribution >= 4 is 35.1 Å². The van der Waals surface area contributed by atoms with Gasteiger partial charge in [0.05, 0.1) is 22.8 Å². The zero-order valence-corrected chi connectivity index (χ0v) is 13.9. The Morgan fingerprint density at radius 1 is 1.30 bits per heavy atom. The molecule has 0 fully saturated rings. The summed E-state index contributed by atoms with van der Waals surface area (Å²) in [6, 6.07) is 4.31. The van der Waals surface area contributed by atoms with Crippen molar-refractivity contribution in [2.24, 2.45) is 0 Å². The third-order valence-electron chi connectivity index (χ3n) is 3.00. The number of nitrogens with zero attached hydrogens (tertiary/aromatic N) is 1. The maximum atomic E-state index is 12.0. The van der Waals surface area contributed by atoms with E-state index in [1.807, 2.05) is 0 Å². The van der Waals surface area contributed by atoms with Gasteiger partial charge in [0.1, 0.15) is 0 Å². The minimum Gasteiger partial charge on any atom is -0.452 e. The van der Waals surface area contributed by atoms with E-state index >= 15 is 0 Å². The monoisotopic (exact) mass is 341 g/mol. The largest absolute Gasteiger partial charge is 0.452 e. The van der Waals surface area contributed by atoms with Crippen molar-refractivity contribution in [3.05, 3.63) is 28.8 Å². The van der Waals surface area contributed by atoms with Crippen LogP contribution in [-0.2, 0) is 14.3 Å². The molecular formula is C15H20ClN3O4. The fourth-order valence-electron chi connectivity index (χ4n) is 1.78. The molecule has 0 spiro atoms. The number of likely N-dealkylation sites (N-methyl/N-ethyl adjacent to an activating group) is 2. The topological polar surface area (TPSA) is 102 Å². The van der Waals surface area contributed by atoms with Gasteiger partial charge < -0.3 is 20.7 Å². The molecule has 0 aliphatic rings. The van der Waals surface area contributed by atoms with E-state index in [1.165, 1.54) is 23.1 Å². The number of esters is 1. The van der Waals surface area contributed by atoms with Gasteiger partial charge in [0, 0.05) is 13.1 Å². The number of amides is 2. The number of benzene rings is 1. The van der Waals surface area contributed by atoms with Gasteiger partial charge in [-0.05, 0) is 32.0 Å². The zero-order valence-electron chi connectivity index (χ0n) is 13.1. The van der Waals surface area contributed by atoms with Crippen LogP contribution < -0.4 is 11.1 Å². The lowest BCUT2D eigenvalue weighted by Gasteiger charge is -2.20. The number of carbonyl (C=O) groups excluding carboxylic acids is 3. The number of hydrogen-bond donors (Lipinski definition) is 2. The second-order valence-corrected chi connectivity index (χ2v) is 5.08. The summed E-state index contributed by atoms with van der Waals surface area (Å²) in [5, 5.41) is 2.93. The normalized spacial score (nSPS) is 10.0. The number of nitrogen functional groups attached to an aromatic ring is 1. The average Bonchev–Trinajstić information content (AvgIpc) is 2.52. The Morgan fingerprint density at radius 3 is 2.57 bits per heavy atom. The van der Waals surface area contributed by atoms with Crippen molar-refractivity contribution in [1.82, 2.24) is 10.2 Å². The highest BCUT2D eigenvalue weighted by Crippen LogP contribution is 2.19. The van der Waals surface area contributed by atoms with Gasteiger partial charge in [0.25, 0.3) is 5.91 Å². The molecule has 126 valence electrons. The van der Waals surface area contributed by atoms with Crippen molar-refractivity contribution in [3.63, 3.8) is 0 Å². The number of rotatable bonds is 7. The molecule has 23 heavy (non-hydrogen) atoms. The number of carbonyl (C=O) groups is 3. The fraction of sp³-hybridized carbons (Fsp3) is 0.400. The van der Waals surface area contributed by atoms with E-state index in [4.69, 9.17) is 22.1 Å². The molecule has 1 aromatic rings. The molecular weight excluding hydrogens is 322 g/mol. The molecule has 8 heteroatoms. The summed E-state index contributed by atoms with van der Waals surface area (Å²) < 4.78 is 4.95. The Balaban J connectivity index is 2.57. The van der Waals surface area contributed by atoms with E-state index in [0.717, 1.165) is 0 Å². The summed E-state index contributed by atoms with van der Waals surface area (Å²) in [7, 11) is 0. The molecule has 1 rings (SSSR count). The molecule has 0 heterocycles. The number of nitrogens with two attached hydrogens (primary N) is 1. The first-order chi connectivity index (χ1) is 10.9. The summed E-state index contributed by atoms with van der Waals surface area (Å²) in [5.74, 6) is -1.40. The smallest absolute Gasteiger partial charge is 0.338 e. The maximum Gasteiger partial charge on any atom is 0.338 e. The van der Waals surface area contributed by atoms with Crippen molar-refractivity contribution in [2.75, 3.05) is 32.0 Å². The Kier molecular flexibility index (Phi) is 7.34. The summed E-state index contributed by atoms with van der Waals surface area (Å²) in [4.78, 5) is 36.7. The van der Waals surface area contributed by atoms with Crippen LogP contribution in [0, 0.1) is 0 Å². The van der Waals surface area contributed by atoms with Crippen LogP contribution in [-0.4, -0.2) is 48.9 Å². The highest BCUT2D eigenvalue weighted by Gasteiger charge is 2.18. The number of hydrogen-bond acceptors (Lipinski definition) is 5. The van der Waals surface area contributed by atoms with Gasteiger partial charge in [-0.25, -0.2) is 4.79 Å². The molecule has 0 saturated heterocycles. The maximum absolute atomic E-state index is 12.0. The quantitative estimate of drug-likeness (QED) is 0.570. The van der Waals surface area contributed by atoms with Crippen LogP contribution in [0.15, 0.2) is 18.2 Å². The van der Waals surface area contributed by atoms with Crippen molar-refractivity contribution in [2.45, 2.75) is 13.8 Å². The second-order valence-electron chi connectivity index (χ2n) is 4.67. The highest BCUT2D eigenvalue weighted by atomic mass is 35.5. The predicted molar refractivity (Wildman–Crippen MR) is 87.1 cm³/mol. The molecule has 0 aromatic heterocycles. The molecule has 0 saturated carbocycles. The van der Waals surface area contributed by atoms with Crippen LogP contribution >= 0.6 is 11.6 Å². The molecule has 2 amide bonds. The van der Waals surface area contributed by atoms with E-state index in [2.05, 4.69) is 5.32 Å². The number of ether oxygens (including phenoxy) is 1.